The van der Waals surface area contributed by atoms with Crippen LogP contribution in [0.2, 0.25) is 0 Å². The van der Waals surface area contributed by atoms with E-state index in [1.807, 2.05) is 0 Å². The summed E-state index contributed by atoms with van der Waals surface area (Å²) >= 11 is 0. The molecule has 1 N–H and O–H groups in total. The Hall–Kier alpha value is -0.860. The monoisotopic (exact) mass is 219 g/mol. The van der Waals surface area contributed by atoms with Crippen molar-refractivity contribution in [2.45, 2.75) is 32.3 Å². The van der Waals surface area contributed by atoms with Gasteiger partial charge in [0.15, 0.2) is 0 Å². The van der Waals surface area contributed by atoms with E-state index in [-0.39, 0.29) is 0 Å². The summed E-state index contributed by atoms with van der Waals surface area (Å²) in [5, 5.41) is 3.29. The van der Waals surface area contributed by atoms with E-state index in [4.69, 9.17) is 4.74 Å². The Labute approximate surface area is 98.0 Å². The Balaban J connectivity index is 1.91. The molecule has 0 heterocycles. The van der Waals surface area contributed by atoms with Crippen LogP contribution in [-0.4, -0.2) is 19.7 Å². The van der Waals surface area contributed by atoms with Crippen LogP contribution in [-0.2, 0) is 11.2 Å². The second-order valence-corrected chi connectivity index (χ2v) is 4.30. The number of likely N-dealkylation sites (N-methyl/N-ethyl adjacent to an activating group) is 1. The van der Waals surface area contributed by atoms with Crippen molar-refractivity contribution in [3.8, 4) is 0 Å². The molecule has 0 saturated heterocycles. The van der Waals surface area contributed by atoms with Crippen molar-refractivity contribution >= 4 is 0 Å². The first-order valence-electron chi connectivity index (χ1n) is 6.32. The average molecular weight is 219 g/mol. The van der Waals surface area contributed by atoms with Gasteiger partial charge in [-0.15, -0.1) is 0 Å². The molecule has 0 radical (unpaired) electrons. The van der Waals surface area contributed by atoms with Crippen molar-refractivity contribution in [3.63, 3.8) is 0 Å². The number of hydrogen-bond acceptors (Lipinski definition) is 2. The third-order valence-electron chi connectivity index (χ3n) is 3.16. The highest BCUT2D eigenvalue weighted by atomic mass is 16.5. The molecule has 16 heavy (non-hydrogen) atoms. The molecule has 1 aromatic rings. The van der Waals surface area contributed by atoms with Gasteiger partial charge >= 0.3 is 0 Å². The van der Waals surface area contributed by atoms with Gasteiger partial charge in [-0.3, -0.25) is 0 Å². The van der Waals surface area contributed by atoms with Crippen LogP contribution in [0.1, 0.15) is 37.0 Å². The van der Waals surface area contributed by atoms with Crippen LogP contribution in [0.3, 0.4) is 0 Å². The fourth-order valence-corrected chi connectivity index (χ4v) is 2.33. The van der Waals surface area contributed by atoms with Gasteiger partial charge in [-0.1, -0.05) is 31.2 Å². The Morgan fingerprint density at radius 3 is 3.12 bits per heavy atom. The summed E-state index contributed by atoms with van der Waals surface area (Å²) in [4.78, 5) is 0. The maximum atomic E-state index is 5.95. The zero-order valence-corrected chi connectivity index (χ0v) is 10.0. The van der Waals surface area contributed by atoms with Gasteiger partial charge in [-0.25, -0.2) is 0 Å². The van der Waals surface area contributed by atoms with Crippen LogP contribution in [0.4, 0.5) is 0 Å². The molecule has 2 rings (SSSR count). The zero-order valence-electron chi connectivity index (χ0n) is 10.0. The van der Waals surface area contributed by atoms with Crippen molar-refractivity contribution in [3.05, 3.63) is 35.4 Å². The fraction of sp³-hybridized carbons (Fsp3) is 0.571. The molecule has 88 valence electrons. The topological polar surface area (TPSA) is 21.3 Å². The van der Waals surface area contributed by atoms with Gasteiger partial charge in [-0.05, 0) is 36.9 Å². The third kappa shape index (κ3) is 2.83. The number of benzene rings is 1. The third-order valence-corrected chi connectivity index (χ3v) is 3.16. The number of aryl methyl sites for hydroxylation is 1. The van der Waals surface area contributed by atoms with Gasteiger partial charge in [0.2, 0.25) is 0 Å². The highest BCUT2D eigenvalue weighted by Gasteiger charge is 2.19. The van der Waals surface area contributed by atoms with Crippen LogP contribution >= 0.6 is 0 Å². The predicted molar refractivity (Wildman–Crippen MR) is 66.6 cm³/mol. The lowest BCUT2D eigenvalue weighted by Crippen LogP contribution is -2.21. The summed E-state index contributed by atoms with van der Waals surface area (Å²) in [7, 11) is 0. The lowest BCUT2D eigenvalue weighted by atomic mass is 9.89. The molecule has 0 fully saturated rings. The Kier molecular flexibility index (Phi) is 4.37. The zero-order chi connectivity index (χ0) is 11.2. The van der Waals surface area contributed by atoms with Gasteiger partial charge in [0, 0.05) is 6.54 Å². The molecule has 1 aromatic carbocycles. The van der Waals surface area contributed by atoms with Crippen LogP contribution in [0.5, 0.6) is 0 Å². The Morgan fingerprint density at radius 2 is 2.25 bits per heavy atom. The first-order valence-corrected chi connectivity index (χ1v) is 6.32. The minimum atomic E-state index is 0.323. The van der Waals surface area contributed by atoms with E-state index in [0.717, 1.165) is 19.7 Å². The first-order chi connectivity index (χ1) is 7.92. The summed E-state index contributed by atoms with van der Waals surface area (Å²) < 4.78 is 5.95. The molecule has 0 spiro atoms. The highest BCUT2D eigenvalue weighted by Crippen LogP contribution is 2.31. The van der Waals surface area contributed by atoms with Crippen molar-refractivity contribution in [2.75, 3.05) is 19.7 Å². The van der Waals surface area contributed by atoms with Crippen LogP contribution in [0, 0.1) is 0 Å². The van der Waals surface area contributed by atoms with E-state index in [1.165, 1.54) is 30.4 Å². The standard InChI is InChI=1S/C14H21NO/c1-2-15-10-11-16-14-9-5-7-12-6-3-4-8-13(12)14/h3-4,6,8,14-15H,2,5,7,9-11H2,1H3. The fourth-order valence-electron chi connectivity index (χ4n) is 2.33. The van der Waals surface area contributed by atoms with Crippen molar-refractivity contribution in [1.82, 2.24) is 5.32 Å². The number of fused-ring (bicyclic) bond motifs is 1. The van der Waals surface area contributed by atoms with Crippen molar-refractivity contribution < 1.29 is 4.74 Å². The second-order valence-electron chi connectivity index (χ2n) is 4.30. The number of rotatable bonds is 5. The van der Waals surface area contributed by atoms with E-state index in [2.05, 4.69) is 36.5 Å². The SMILES string of the molecule is CCNCCOC1CCCc2ccccc21. The molecule has 1 aliphatic carbocycles. The molecule has 0 aromatic heterocycles. The van der Waals surface area contributed by atoms with Gasteiger partial charge in [0.1, 0.15) is 0 Å². The lowest BCUT2D eigenvalue weighted by molar-refractivity contribution is 0.0429. The first kappa shape index (κ1) is 11.6. The Morgan fingerprint density at radius 1 is 1.38 bits per heavy atom. The van der Waals surface area contributed by atoms with Gasteiger partial charge < -0.3 is 10.1 Å². The summed E-state index contributed by atoms with van der Waals surface area (Å²) in [6.45, 7) is 4.91. The van der Waals surface area contributed by atoms with Crippen LogP contribution in [0.25, 0.3) is 0 Å². The number of ether oxygens (including phenoxy) is 1. The molecule has 1 atom stereocenters. The number of hydrogen-bond donors (Lipinski definition) is 1. The van der Waals surface area contributed by atoms with E-state index < -0.39 is 0 Å². The maximum absolute atomic E-state index is 5.95. The second kappa shape index (κ2) is 6.02. The minimum absolute atomic E-state index is 0.323. The summed E-state index contributed by atoms with van der Waals surface area (Å²) in [5.41, 5.74) is 2.88. The quantitative estimate of drug-likeness (QED) is 0.769. The van der Waals surface area contributed by atoms with Crippen LogP contribution in [0.15, 0.2) is 24.3 Å². The van der Waals surface area contributed by atoms with Gasteiger partial charge in [0.25, 0.3) is 0 Å². The van der Waals surface area contributed by atoms with E-state index >= 15 is 0 Å². The average Bonchev–Trinajstić information content (AvgIpc) is 2.35. The highest BCUT2D eigenvalue weighted by molar-refractivity contribution is 5.31. The lowest BCUT2D eigenvalue weighted by Gasteiger charge is -2.25. The molecule has 2 heteroatoms. The van der Waals surface area contributed by atoms with Crippen LogP contribution < -0.4 is 5.32 Å². The summed E-state index contributed by atoms with van der Waals surface area (Å²) in [6, 6.07) is 8.69. The maximum Gasteiger partial charge on any atom is 0.0828 e. The number of nitrogens with one attached hydrogen (secondary N) is 1. The largest absolute Gasteiger partial charge is 0.372 e. The minimum Gasteiger partial charge on any atom is -0.372 e. The smallest absolute Gasteiger partial charge is 0.0828 e. The summed E-state index contributed by atoms with van der Waals surface area (Å²) in [6.07, 6.45) is 3.96. The van der Waals surface area contributed by atoms with Crippen molar-refractivity contribution in [2.24, 2.45) is 0 Å². The predicted octanol–water partition coefficient (Wildman–Crippen LogP) is 2.69. The van der Waals surface area contributed by atoms with E-state index in [9.17, 15) is 0 Å². The molecule has 1 unspecified atom stereocenters. The van der Waals surface area contributed by atoms with Crippen molar-refractivity contribution in [1.29, 1.82) is 0 Å². The molecule has 0 amide bonds. The Bertz CT molecular complexity index is 324. The summed E-state index contributed by atoms with van der Waals surface area (Å²) in [5.74, 6) is 0. The molecular weight excluding hydrogens is 198 g/mol. The molecule has 0 saturated carbocycles. The normalized spacial score (nSPS) is 19.4. The molecular formula is C14H21NO. The van der Waals surface area contributed by atoms with Gasteiger partial charge in [0.05, 0.1) is 12.7 Å². The van der Waals surface area contributed by atoms with Gasteiger partial charge in [-0.2, -0.15) is 0 Å². The molecule has 2 nitrogen and oxygen atoms in total. The molecule has 0 bridgehead atoms. The molecule has 1 aliphatic rings. The van der Waals surface area contributed by atoms with E-state index in [1.54, 1.807) is 0 Å². The van der Waals surface area contributed by atoms with E-state index in [0.29, 0.717) is 6.10 Å². The molecule has 0 aliphatic heterocycles.